The number of sulfonamides is 1. The first-order valence-electron chi connectivity index (χ1n) is 7.59. The lowest BCUT2D eigenvalue weighted by atomic mass is 10.2. The van der Waals surface area contributed by atoms with Gasteiger partial charge in [0.2, 0.25) is 10.0 Å². The van der Waals surface area contributed by atoms with Gasteiger partial charge in [0.05, 0.1) is 11.6 Å². The molecule has 0 unspecified atom stereocenters. The van der Waals surface area contributed by atoms with Gasteiger partial charge in [-0.2, -0.15) is 4.72 Å². The van der Waals surface area contributed by atoms with Crippen molar-refractivity contribution >= 4 is 27.6 Å². The highest BCUT2D eigenvalue weighted by atomic mass is 32.2. The number of hydrogen-bond acceptors (Lipinski definition) is 5. The number of nitrogens with zero attached hydrogens (tertiary/aromatic N) is 2. The van der Waals surface area contributed by atoms with Crippen LogP contribution in [0, 0.1) is 10.1 Å². The Balaban J connectivity index is 1.93. The van der Waals surface area contributed by atoms with E-state index in [1.54, 1.807) is 7.05 Å². The van der Waals surface area contributed by atoms with Crippen molar-refractivity contribution in [2.75, 3.05) is 13.7 Å². The molecule has 26 heavy (non-hydrogen) atoms. The van der Waals surface area contributed by atoms with Gasteiger partial charge in [-0.05, 0) is 23.8 Å². The Morgan fingerprint density at radius 3 is 2.38 bits per heavy atom. The number of benzene rings is 2. The zero-order chi connectivity index (χ0) is 19.0. The topological polar surface area (TPSA) is 114 Å². The van der Waals surface area contributed by atoms with Crippen molar-refractivity contribution in [2.45, 2.75) is 0 Å². The molecule has 0 spiro atoms. The molecule has 0 saturated carbocycles. The van der Waals surface area contributed by atoms with Gasteiger partial charge >= 0.3 is 0 Å². The molecule has 2 aromatic rings. The normalized spacial score (nSPS) is 12.3. The second-order valence-corrected chi connectivity index (χ2v) is 6.78. The third-order valence-electron chi connectivity index (χ3n) is 3.34. The minimum Gasteiger partial charge on any atom is -0.356 e. The second kappa shape index (κ2) is 8.88. The minimum absolute atomic E-state index is 0.0332. The molecule has 136 valence electrons. The first-order valence-corrected chi connectivity index (χ1v) is 9.14. The average Bonchev–Trinajstić information content (AvgIpc) is 2.65. The van der Waals surface area contributed by atoms with Crippen LogP contribution >= 0.6 is 0 Å². The van der Waals surface area contributed by atoms with E-state index < -0.39 is 14.9 Å². The first kappa shape index (κ1) is 19.3. The van der Waals surface area contributed by atoms with Gasteiger partial charge < -0.3 is 5.32 Å². The highest BCUT2D eigenvalue weighted by molar-refractivity contribution is 7.92. The van der Waals surface area contributed by atoms with Crippen LogP contribution in [0.25, 0.3) is 6.08 Å². The number of nitrogens with one attached hydrogen (secondary N) is 2. The zero-order valence-electron chi connectivity index (χ0n) is 14.0. The van der Waals surface area contributed by atoms with Crippen LogP contribution in [0.2, 0.25) is 0 Å². The van der Waals surface area contributed by atoms with Crippen molar-refractivity contribution in [2.24, 2.45) is 4.99 Å². The molecular weight excluding hydrogens is 356 g/mol. The summed E-state index contributed by atoms with van der Waals surface area (Å²) in [6.45, 7) is -0.0332. The van der Waals surface area contributed by atoms with Gasteiger partial charge in [0, 0.05) is 30.2 Å². The average molecular weight is 374 g/mol. The number of non-ortho nitro benzene ring substituents is 1. The molecule has 2 aromatic carbocycles. The van der Waals surface area contributed by atoms with Gasteiger partial charge in [0.1, 0.15) is 5.84 Å². The Bertz CT molecular complexity index is 908. The van der Waals surface area contributed by atoms with E-state index in [2.05, 4.69) is 15.0 Å². The highest BCUT2D eigenvalue weighted by Crippen LogP contribution is 2.13. The van der Waals surface area contributed by atoms with Gasteiger partial charge in [-0.15, -0.1) is 0 Å². The van der Waals surface area contributed by atoms with Crippen LogP contribution in [0.15, 0.2) is 65.0 Å². The van der Waals surface area contributed by atoms with Gasteiger partial charge in [0.25, 0.3) is 5.69 Å². The van der Waals surface area contributed by atoms with E-state index in [0.717, 1.165) is 11.0 Å². The SMILES string of the molecule is CN=C(NCNS(=O)(=O)C=Cc1ccc([N+](=O)[O-])cc1)c1ccccc1. The van der Waals surface area contributed by atoms with E-state index >= 15 is 0 Å². The second-order valence-electron chi connectivity index (χ2n) is 5.13. The van der Waals surface area contributed by atoms with Crippen LogP contribution in [0.5, 0.6) is 0 Å². The van der Waals surface area contributed by atoms with Crippen LogP contribution in [-0.2, 0) is 10.0 Å². The molecule has 2 N–H and O–H groups in total. The number of aliphatic imine (C=N–C) groups is 1. The summed E-state index contributed by atoms with van der Waals surface area (Å²) in [4.78, 5) is 14.2. The summed E-state index contributed by atoms with van der Waals surface area (Å²) in [5, 5.41) is 14.5. The molecule has 0 heterocycles. The monoisotopic (exact) mass is 374 g/mol. The molecule has 9 heteroatoms. The molecular formula is C17H18N4O4S. The highest BCUT2D eigenvalue weighted by Gasteiger charge is 2.07. The maximum Gasteiger partial charge on any atom is 0.269 e. The molecule has 0 bridgehead atoms. The predicted octanol–water partition coefficient (Wildman–Crippen LogP) is 2.11. The molecule has 0 fully saturated rings. The van der Waals surface area contributed by atoms with Crippen molar-refractivity contribution < 1.29 is 13.3 Å². The minimum atomic E-state index is -3.67. The molecule has 0 atom stereocenters. The van der Waals surface area contributed by atoms with Gasteiger partial charge in [-0.25, -0.2) is 8.42 Å². The van der Waals surface area contributed by atoms with E-state index in [4.69, 9.17) is 0 Å². The molecule has 8 nitrogen and oxygen atoms in total. The standard InChI is InChI=1S/C17H18N4O4S/c1-18-17(15-5-3-2-4-6-15)19-13-20-26(24,25)12-11-14-7-9-16(10-8-14)21(22)23/h2-12,20H,13H2,1H3,(H,18,19). The Labute approximate surface area is 151 Å². The van der Waals surface area contributed by atoms with Crippen molar-refractivity contribution in [3.8, 4) is 0 Å². The number of nitro benzene ring substituents is 1. The van der Waals surface area contributed by atoms with Gasteiger partial charge in [-0.1, -0.05) is 30.3 Å². The van der Waals surface area contributed by atoms with Gasteiger partial charge in [-0.3, -0.25) is 15.1 Å². The number of nitro groups is 1. The van der Waals surface area contributed by atoms with Crippen LogP contribution in [0.1, 0.15) is 11.1 Å². The van der Waals surface area contributed by atoms with Crippen LogP contribution < -0.4 is 10.0 Å². The Morgan fingerprint density at radius 1 is 1.15 bits per heavy atom. The molecule has 0 saturated heterocycles. The Morgan fingerprint density at radius 2 is 1.81 bits per heavy atom. The lowest BCUT2D eigenvalue weighted by Gasteiger charge is -2.09. The molecule has 0 amide bonds. The lowest BCUT2D eigenvalue weighted by Crippen LogP contribution is -2.36. The van der Waals surface area contributed by atoms with Crippen LogP contribution in [-0.4, -0.2) is 32.9 Å². The van der Waals surface area contributed by atoms with E-state index in [0.29, 0.717) is 11.4 Å². The third-order valence-corrected chi connectivity index (χ3v) is 4.38. The molecule has 0 aliphatic rings. The van der Waals surface area contributed by atoms with Crippen molar-refractivity contribution in [1.82, 2.24) is 10.0 Å². The first-order chi connectivity index (χ1) is 12.4. The largest absolute Gasteiger partial charge is 0.356 e. The summed E-state index contributed by atoms with van der Waals surface area (Å²) < 4.78 is 26.4. The number of rotatable bonds is 7. The summed E-state index contributed by atoms with van der Waals surface area (Å²) >= 11 is 0. The molecule has 0 aliphatic heterocycles. The van der Waals surface area contributed by atoms with Crippen LogP contribution in [0.3, 0.4) is 0 Å². The molecule has 0 aliphatic carbocycles. The molecule has 2 rings (SSSR count). The van der Waals surface area contributed by atoms with E-state index in [-0.39, 0.29) is 12.4 Å². The number of hydrogen-bond donors (Lipinski definition) is 2. The van der Waals surface area contributed by atoms with E-state index in [9.17, 15) is 18.5 Å². The summed E-state index contributed by atoms with van der Waals surface area (Å²) in [5.41, 5.74) is 1.32. The van der Waals surface area contributed by atoms with Crippen LogP contribution in [0.4, 0.5) is 5.69 Å². The van der Waals surface area contributed by atoms with Gasteiger partial charge in [0.15, 0.2) is 0 Å². The predicted molar refractivity (Wildman–Crippen MR) is 101 cm³/mol. The fraction of sp³-hybridized carbons (Fsp3) is 0.118. The third kappa shape index (κ3) is 5.80. The molecule has 0 aromatic heterocycles. The summed E-state index contributed by atoms with van der Waals surface area (Å²) in [6.07, 6.45) is 1.36. The summed E-state index contributed by atoms with van der Waals surface area (Å²) in [6, 6.07) is 14.9. The van der Waals surface area contributed by atoms with E-state index in [1.165, 1.54) is 30.3 Å². The van der Waals surface area contributed by atoms with Crippen molar-refractivity contribution in [3.05, 3.63) is 81.2 Å². The zero-order valence-corrected chi connectivity index (χ0v) is 14.8. The Kier molecular flexibility index (Phi) is 6.59. The summed E-state index contributed by atoms with van der Waals surface area (Å²) in [7, 11) is -2.06. The van der Waals surface area contributed by atoms with E-state index in [1.807, 2.05) is 30.3 Å². The fourth-order valence-electron chi connectivity index (χ4n) is 2.05. The van der Waals surface area contributed by atoms with Crippen molar-refractivity contribution in [3.63, 3.8) is 0 Å². The maximum absolute atomic E-state index is 12.0. The maximum atomic E-state index is 12.0. The smallest absolute Gasteiger partial charge is 0.269 e. The quantitative estimate of drug-likeness (QED) is 0.253. The fourth-order valence-corrected chi connectivity index (χ4v) is 2.76. The summed E-state index contributed by atoms with van der Waals surface area (Å²) in [5.74, 6) is 0.563. The number of amidine groups is 1. The lowest BCUT2D eigenvalue weighted by molar-refractivity contribution is -0.384. The Hall–Kier alpha value is -3.04. The van der Waals surface area contributed by atoms with Crippen molar-refractivity contribution in [1.29, 1.82) is 0 Å². The molecule has 0 radical (unpaired) electrons.